The van der Waals surface area contributed by atoms with Crippen molar-refractivity contribution in [1.82, 2.24) is 34.6 Å². The molecule has 0 saturated carbocycles. The fourth-order valence-corrected chi connectivity index (χ4v) is 4.18. The number of hydrogen-bond donors (Lipinski definition) is 1. The van der Waals surface area contributed by atoms with Gasteiger partial charge >= 0.3 is 0 Å². The average Bonchev–Trinajstić information content (AvgIpc) is 3.54. The highest BCUT2D eigenvalue weighted by molar-refractivity contribution is 6.45. The maximum absolute atomic E-state index is 13.3. The number of amides is 1. The fourth-order valence-electron chi connectivity index (χ4n) is 4.18. The first-order valence-electron chi connectivity index (χ1n) is 10.9. The molecule has 0 aromatic carbocycles. The van der Waals surface area contributed by atoms with Gasteiger partial charge in [-0.2, -0.15) is 10.4 Å². The molecule has 1 amide bonds. The summed E-state index contributed by atoms with van der Waals surface area (Å²) in [5.74, 6) is 0.695. The monoisotopic (exact) mass is 471 g/mol. The normalized spacial score (nSPS) is 13.6. The van der Waals surface area contributed by atoms with Crippen LogP contribution in [0.5, 0.6) is 5.75 Å². The lowest BCUT2D eigenvalue weighted by atomic mass is 10.1. The molecule has 1 aliphatic heterocycles. The number of pyridine rings is 2. The molecule has 1 aliphatic rings. The standard InChI is InChI=1S/C23H21N9O3/c1-14-28-13-32(29-14)22-19-18(17(35-2)12-27-22)16(11-26-19)20(33)23(34)31-8-6-30(7-9-31)21-15(10-24)4-3-5-25-21/h3-5,11-13,26H,6-9H2,1-2H3. The van der Waals surface area contributed by atoms with Crippen LogP contribution in [-0.2, 0) is 4.79 Å². The molecule has 0 bridgehead atoms. The second-order valence-corrected chi connectivity index (χ2v) is 7.93. The van der Waals surface area contributed by atoms with Crippen LogP contribution in [0.3, 0.4) is 0 Å². The van der Waals surface area contributed by atoms with Crippen molar-refractivity contribution in [2.45, 2.75) is 6.92 Å². The molecule has 0 unspecified atom stereocenters. The Morgan fingerprint density at radius 3 is 2.63 bits per heavy atom. The molecule has 4 aromatic heterocycles. The lowest BCUT2D eigenvalue weighted by molar-refractivity contribution is -0.126. The minimum Gasteiger partial charge on any atom is -0.494 e. The predicted octanol–water partition coefficient (Wildman–Crippen LogP) is 1.26. The largest absolute Gasteiger partial charge is 0.494 e. The summed E-state index contributed by atoms with van der Waals surface area (Å²) in [6, 6.07) is 5.55. The second kappa shape index (κ2) is 8.86. The zero-order valence-electron chi connectivity index (χ0n) is 19.1. The number of anilines is 1. The van der Waals surface area contributed by atoms with Crippen LogP contribution in [0.15, 0.2) is 37.1 Å². The number of carbonyl (C=O) groups is 2. The van der Waals surface area contributed by atoms with Crippen molar-refractivity contribution in [3.8, 4) is 17.6 Å². The van der Waals surface area contributed by atoms with E-state index in [0.717, 1.165) is 0 Å². The number of nitriles is 1. The maximum Gasteiger partial charge on any atom is 0.295 e. The number of ether oxygens (including phenoxy) is 1. The van der Waals surface area contributed by atoms with Crippen LogP contribution >= 0.6 is 0 Å². The Morgan fingerprint density at radius 2 is 1.94 bits per heavy atom. The van der Waals surface area contributed by atoms with Gasteiger partial charge in [-0.1, -0.05) is 0 Å². The molecule has 1 fully saturated rings. The number of aryl methyl sites for hydroxylation is 1. The van der Waals surface area contributed by atoms with E-state index in [9.17, 15) is 14.9 Å². The highest BCUT2D eigenvalue weighted by Crippen LogP contribution is 2.32. The molecule has 5 rings (SSSR count). The molecular formula is C23H21N9O3. The molecule has 0 atom stereocenters. The number of aromatic amines is 1. The number of ketones is 1. The molecule has 0 aliphatic carbocycles. The molecule has 12 heteroatoms. The van der Waals surface area contributed by atoms with Gasteiger partial charge in [0.25, 0.3) is 11.7 Å². The van der Waals surface area contributed by atoms with Crippen molar-refractivity contribution in [3.05, 3.63) is 54.0 Å². The number of methoxy groups -OCH3 is 1. The highest BCUT2D eigenvalue weighted by atomic mass is 16.5. The summed E-state index contributed by atoms with van der Waals surface area (Å²) >= 11 is 0. The molecule has 5 heterocycles. The van der Waals surface area contributed by atoms with E-state index in [0.29, 0.717) is 65.9 Å². The van der Waals surface area contributed by atoms with Crippen molar-refractivity contribution in [2.24, 2.45) is 0 Å². The first-order valence-corrected chi connectivity index (χ1v) is 10.9. The molecular weight excluding hydrogens is 450 g/mol. The van der Waals surface area contributed by atoms with Gasteiger partial charge in [-0.25, -0.2) is 19.6 Å². The third kappa shape index (κ3) is 3.82. The van der Waals surface area contributed by atoms with E-state index in [1.807, 2.05) is 4.90 Å². The first kappa shape index (κ1) is 22.0. The SMILES string of the molecule is COc1cnc(-n2cnc(C)n2)c2[nH]cc(C(=O)C(=O)N3CCN(c4ncccc4C#N)CC3)c12. The van der Waals surface area contributed by atoms with E-state index in [4.69, 9.17) is 4.74 Å². The molecule has 4 aromatic rings. The van der Waals surface area contributed by atoms with E-state index in [-0.39, 0.29) is 5.56 Å². The third-order valence-electron chi connectivity index (χ3n) is 5.91. The second-order valence-electron chi connectivity index (χ2n) is 7.93. The Labute approximate surface area is 199 Å². The number of rotatable bonds is 5. The van der Waals surface area contributed by atoms with Gasteiger partial charge in [-0.15, -0.1) is 0 Å². The Morgan fingerprint density at radius 1 is 1.14 bits per heavy atom. The molecule has 12 nitrogen and oxygen atoms in total. The Bertz CT molecular complexity index is 1480. The summed E-state index contributed by atoms with van der Waals surface area (Å²) in [6.45, 7) is 3.34. The van der Waals surface area contributed by atoms with Crippen LogP contribution in [0.4, 0.5) is 5.82 Å². The molecule has 0 spiro atoms. The van der Waals surface area contributed by atoms with Crippen LogP contribution in [-0.4, -0.2) is 79.6 Å². The lowest BCUT2D eigenvalue weighted by Gasteiger charge is -2.35. The minimum absolute atomic E-state index is 0.196. The lowest BCUT2D eigenvalue weighted by Crippen LogP contribution is -2.51. The summed E-state index contributed by atoms with van der Waals surface area (Å²) in [5.41, 5.74) is 1.18. The Hall–Kier alpha value is -4.79. The van der Waals surface area contributed by atoms with Gasteiger partial charge in [0.2, 0.25) is 0 Å². The van der Waals surface area contributed by atoms with Crippen LogP contribution in [0.25, 0.3) is 16.7 Å². The van der Waals surface area contributed by atoms with Gasteiger partial charge in [0.15, 0.2) is 5.82 Å². The quantitative estimate of drug-likeness (QED) is 0.336. The number of carbonyl (C=O) groups excluding carboxylic acids is 2. The van der Waals surface area contributed by atoms with Crippen molar-refractivity contribution in [3.63, 3.8) is 0 Å². The van der Waals surface area contributed by atoms with Crippen LogP contribution in [0.1, 0.15) is 21.7 Å². The molecule has 1 N–H and O–H groups in total. The van der Waals surface area contributed by atoms with E-state index in [1.165, 1.54) is 35.4 Å². The Balaban J connectivity index is 1.40. The summed E-state index contributed by atoms with van der Waals surface area (Å²) in [6.07, 6.45) is 6.13. The van der Waals surface area contributed by atoms with Gasteiger partial charge in [0.05, 0.1) is 35.3 Å². The average molecular weight is 471 g/mol. The van der Waals surface area contributed by atoms with Gasteiger partial charge in [-0.05, 0) is 19.1 Å². The molecule has 0 radical (unpaired) electrons. The van der Waals surface area contributed by atoms with Gasteiger partial charge < -0.3 is 19.5 Å². The summed E-state index contributed by atoms with van der Waals surface area (Å²) in [5, 5.41) is 14.1. The van der Waals surface area contributed by atoms with E-state index in [1.54, 1.807) is 25.3 Å². The van der Waals surface area contributed by atoms with Crippen molar-refractivity contribution >= 4 is 28.4 Å². The fraction of sp³-hybridized carbons (Fsp3) is 0.261. The first-order chi connectivity index (χ1) is 17.0. The maximum atomic E-state index is 13.3. The van der Waals surface area contributed by atoms with E-state index in [2.05, 4.69) is 31.1 Å². The number of nitrogens with zero attached hydrogens (tertiary/aromatic N) is 8. The third-order valence-corrected chi connectivity index (χ3v) is 5.91. The summed E-state index contributed by atoms with van der Waals surface area (Å²) in [4.78, 5) is 45.8. The Kier molecular flexibility index (Phi) is 5.58. The van der Waals surface area contributed by atoms with Crippen molar-refractivity contribution < 1.29 is 14.3 Å². The van der Waals surface area contributed by atoms with Gasteiger partial charge in [0.1, 0.15) is 29.8 Å². The van der Waals surface area contributed by atoms with Gasteiger partial charge in [0, 0.05) is 38.6 Å². The van der Waals surface area contributed by atoms with Crippen LogP contribution < -0.4 is 9.64 Å². The zero-order chi connectivity index (χ0) is 24.5. The number of Topliss-reactive ketones (excluding diaryl/α,β-unsaturated/α-hetero) is 1. The number of nitrogens with one attached hydrogen (secondary N) is 1. The number of hydrogen-bond acceptors (Lipinski definition) is 9. The van der Waals surface area contributed by atoms with E-state index >= 15 is 0 Å². The number of piperazine rings is 1. The smallest absolute Gasteiger partial charge is 0.295 e. The predicted molar refractivity (Wildman–Crippen MR) is 124 cm³/mol. The number of fused-ring (bicyclic) bond motifs is 1. The highest BCUT2D eigenvalue weighted by Gasteiger charge is 2.31. The van der Waals surface area contributed by atoms with Crippen molar-refractivity contribution in [2.75, 3.05) is 38.2 Å². The molecule has 1 saturated heterocycles. The summed E-state index contributed by atoms with van der Waals surface area (Å²) < 4.78 is 6.93. The van der Waals surface area contributed by atoms with E-state index < -0.39 is 11.7 Å². The number of aromatic nitrogens is 6. The molecule has 35 heavy (non-hydrogen) atoms. The van der Waals surface area contributed by atoms with Gasteiger partial charge in [-0.3, -0.25) is 9.59 Å². The van der Waals surface area contributed by atoms with Crippen molar-refractivity contribution in [1.29, 1.82) is 5.26 Å². The number of H-pyrrole nitrogens is 1. The zero-order valence-corrected chi connectivity index (χ0v) is 19.1. The topological polar surface area (TPSA) is 146 Å². The van der Waals surface area contributed by atoms with Crippen LogP contribution in [0.2, 0.25) is 0 Å². The minimum atomic E-state index is -0.648. The summed E-state index contributed by atoms with van der Waals surface area (Å²) in [7, 11) is 1.48. The molecule has 176 valence electrons. The van der Waals surface area contributed by atoms with Crippen LogP contribution in [0, 0.1) is 18.3 Å².